The smallest absolute Gasteiger partial charge is 0.0631 e. The summed E-state index contributed by atoms with van der Waals surface area (Å²) in [7, 11) is 0. The molecular formula is C19H16BrCl. The Kier molecular flexibility index (Phi) is 4.32. The molecule has 3 rings (SSSR count). The minimum absolute atomic E-state index is 0.0225. The number of hydrogen-bond donors (Lipinski definition) is 0. The Labute approximate surface area is 138 Å². The van der Waals surface area contributed by atoms with E-state index in [4.69, 9.17) is 11.6 Å². The number of aryl methyl sites for hydroxylation is 1. The Morgan fingerprint density at radius 2 is 1.57 bits per heavy atom. The van der Waals surface area contributed by atoms with Crippen molar-refractivity contribution in [1.29, 1.82) is 0 Å². The van der Waals surface area contributed by atoms with E-state index < -0.39 is 0 Å². The first-order valence-corrected chi connectivity index (χ1v) is 8.25. The van der Waals surface area contributed by atoms with Gasteiger partial charge < -0.3 is 0 Å². The molecule has 0 spiro atoms. The van der Waals surface area contributed by atoms with E-state index in [2.05, 4.69) is 83.5 Å². The summed E-state index contributed by atoms with van der Waals surface area (Å²) < 4.78 is 1.11. The molecule has 0 nitrogen and oxygen atoms in total. The average molecular weight is 360 g/mol. The molecule has 0 aliphatic rings. The lowest BCUT2D eigenvalue weighted by Crippen LogP contribution is -1.97. The van der Waals surface area contributed by atoms with Crippen LogP contribution in [0.1, 0.15) is 22.1 Å². The molecule has 0 aromatic heterocycles. The van der Waals surface area contributed by atoms with Gasteiger partial charge in [0.2, 0.25) is 0 Å². The third-order valence-electron chi connectivity index (χ3n) is 3.78. The van der Waals surface area contributed by atoms with Crippen LogP contribution in [0.25, 0.3) is 10.8 Å². The van der Waals surface area contributed by atoms with E-state index in [1.165, 1.54) is 27.5 Å². The van der Waals surface area contributed by atoms with Gasteiger partial charge in [-0.25, -0.2) is 0 Å². The van der Waals surface area contributed by atoms with Gasteiger partial charge in [0.1, 0.15) is 0 Å². The molecule has 0 bridgehead atoms. The van der Waals surface area contributed by atoms with Crippen molar-refractivity contribution in [2.75, 3.05) is 0 Å². The molecule has 21 heavy (non-hydrogen) atoms. The second-order valence-corrected chi connectivity index (χ2v) is 6.72. The Bertz CT molecular complexity index is 762. The Balaban J connectivity index is 1.96. The molecule has 0 saturated heterocycles. The van der Waals surface area contributed by atoms with Gasteiger partial charge in [0.15, 0.2) is 0 Å². The van der Waals surface area contributed by atoms with Crippen molar-refractivity contribution in [1.82, 2.24) is 0 Å². The minimum Gasteiger partial charge on any atom is -0.117 e. The summed E-state index contributed by atoms with van der Waals surface area (Å²) in [5.41, 5.74) is 3.74. The fraction of sp³-hybridized carbons (Fsp3) is 0.158. The maximum absolute atomic E-state index is 6.70. The molecule has 0 aliphatic heterocycles. The molecule has 0 amide bonds. The zero-order valence-electron chi connectivity index (χ0n) is 11.8. The topological polar surface area (TPSA) is 0 Å². The molecule has 0 N–H and O–H groups in total. The molecule has 0 aliphatic carbocycles. The Hall–Kier alpha value is -1.31. The molecule has 0 radical (unpaired) electrons. The molecular weight excluding hydrogens is 344 g/mol. The normalized spacial score (nSPS) is 12.5. The van der Waals surface area contributed by atoms with E-state index >= 15 is 0 Å². The van der Waals surface area contributed by atoms with Crippen LogP contribution in [0.5, 0.6) is 0 Å². The van der Waals surface area contributed by atoms with Gasteiger partial charge in [0.25, 0.3) is 0 Å². The first-order valence-electron chi connectivity index (χ1n) is 7.02. The summed E-state index contributed by atoms with van der Waals surface area (Å²) in [5, 5.41) is 2.41. The predicted molar refractivity (Wildman–Crippen MR) is 95.1 cm³/mol. The van der Waals surface area contributed by atoms with Gasteiger partial charge in [-0.1, -0.05) is 76.1 Å². The minimum atomic E-state index is -0.0225. The van der Waals surface area contributed by atoms with Crippen LogP contribution >= 0.6 is 27.5 Å². The fourth-order valence-electron chi connectivity index (χ4n) is 2.60. The Morgan fingerprint density at radius 1 is 0.905 bits per heavy atom. The number of alkyl halides is 1. The first-order chi connectivity index (χ1) is 10.1. The van der Waals surface area contributed by atoms with Gasteiger partial charge >= 0.3 is 0 Å². The highest BCUT2D eigenvalue weighted by Gasteiger charge is 2.13. The summed E-state index contributed by atoms with van der Waals surface area (Å²) in [6.45, 7) is 2.10. The standard InChI is InChI=1S/C19H16BrCl/c1-13-6-8-14(9-7-13)12-19(21)17-10-11-18(20)16-5-3-2-4-15(16)17/h2-11,19H,12H2,1H3. The van der Waals surface area contributed by atoms with Gasteiger partial charge in [-0.3, -0.25) is 0 Å². The number of halogens is 2. The van der Waals surface area contributed by atoms with Crippen molar-refractivity contribution in [3.63, 3.8) is 0 Å². The molecule has 3 aromatic rings. The molecule has 3 aromatic carbocycles. The highest BCUT2D eigenvalue weighted by molar-refractivity contribution is 9.10. The second kappa shape index (κ2) is 6.21. The molecule has 0 saturated carbocycles. The number of hydrogen-bond acceptors (Lipinski definition) is 0. The van der Waals surface area contributed by atoms with Gasteiger partial charge in [-0.15, -0.1) is 11.6 Å². The quantitative estimate of drug-likeness (QED) is 0.472. The van der Waals surface area contributed by atoms with E-state index in [-0.39, 0.29) is 5.38 Å². The molecule has 106 valence electrons. The zero-order valence-corrected chi connectivity index (χ0v) is 14.2. The largest absolute Gasteiger partial charge is 0.117 e. The maximum atomic E-state index is 6.70. The van der Waals surface area contributed by atoms with Crippen LogP contribution < -0.4 is 0 Å². The van der Waals surface area contributed by atoms with Crippen molar-refractivity contribution >= 4 is 38.3 Å². The van der Waals surface area contributed by atoms with Crippen LogP contribution in [0.2, 0.25) is 0 Å². The number of rotatable bonds is 3. The second-order valence-electron chi connectivity index (χ2n) is 5.34. The summed E-state index contributed by atoms with van der Waals surface area (Å²) in [6.07, 6.45) is 0.841. The lowest BCUT2D eigenvalue weighted by Gasteiger charge is -2.14. The van der Waals surface area contributed by atoms with Gasteiger partial charge in [0, 0.05) is 4.47 Å². The van der Waals surface area contributed by atoms with E-state index in [0.717, 1.165) is 10.9 Å². The predicted octanol–water partition coefficient (Wildman–Crippen LogP) is 6.43. The molecule has 1 atom stereocenters. The van der Waals surface area contributed by atoms with Crippen molar-refractivity contribution in [2.24, 2.45) is 0 Å². The third-order valence-corrected chi connectivity index (χ3v) is 4.86. The van der Waals surface area contributed by atoms with Crippen LogP contribution in [0, 0.1) is 6.92 Å². The molecule has 1 unspecified atom stereocenters. The summed E-state index contributed by atoms with van der Waals surface area (Å²) in [5.74, 6) is 0. The van der Waals surface area contributed by atoms with Crippen LogP contribution in [0.15, 0.2) is 65.1 Å². The van der Waals surface area contributed by atoms with E-state index in [0.29, 0.717) is 0 Å². The number of fused-ring (bicyclic) bond motifs is 1. The highest BCUT2D eigenvalue weighted by atomic mass is 79.9. The number of benzene rings is 3. The monoisotopic (exact) mass is 358 g/mol. The van der Waals surface area contributed by atoms with Crippen molar-refractivity contribution in [2.45, 2.75) is 18.7 Å². The van der Waals surface area contributed by atoms with Crippen LogP contribution in [-0.2, 0) is 6.42 Å². The van der Waals surface area contributed by atoms with Crippen LogP contribution in [0.4, 0.5) is 0 Å². The first kappa shape index (κ1) is 14.6. The SMILES string of the molecule is Cc1ccc(CC(Cl)c2ccc(Br)c3ccccc23)cc1. The molecule has 2 heteroatoms. The highest BCUT2D eigenvalue weighted by Crippen LogP contribution is 2.34. The van der Waals surface area contributed by atoms with Gasteiger partial charge in [-0.2, -0.15) is 0 Å². The maximum Gasteiger partial charge on any atom is 0.0631 e. The fourth-order valence-corrected chi connectivity index (χ4v) is 3.45. The lowest BCUT2D eigenvalue weighted by molar-refractivity contribution is 0.927. The van der Waals surface area contributed by atoms with Gasteiger partial charge in [-0.05, 0) is 41.3 Å². The Morgan fingerprint density at radius 3 is 2.29 bits per heavy atom. The van der Waals surface area contributed by atoms with Crippen LogP contribution in [0.3, 0.4) is 0 Å². The lowest BCUT2D eigenvalue weighted by atomic mass is 9.98. The molecule has 0 fully saturated rings. The van der Waals surface area contributed by atoms with Crippen molar-refractivity contribution in [3.05, 3.63) is 81.8 Å². The molecule has 0 heterocycles. The summed E-state index contributed by atoms with van der Waals surface area (Å²) >= 11 is 10.3. The van der Waals surface area contributed by atoms with E-state index in [9.17, 15) is 0 Å². The van der Waals surface area contributed by atoms with Crippen molar-refractivity contribution < 1.29 is 0 Å². The van der Waals surface area contributed by atoms with E-state index in [1.807, 2.05) is 0 Å². The van der Waals surface area contributed by atoms with Crippen LogP contribution in [-0.4, -0.2) is 0 Å². The summed E-state index contributed by atoms with van der Waals surface area (Å²) in [6, 6.07) is 21.2. The van der Waals surface area contributed by atoms with Crippen molar-refractivity contribution in [3.8, 4) is 0 Å². The van der Waals surface area contributed by atoms with Gasteiger partial charge in [0.05, 0.1) is 5.38 Å². The zero-order chi connectivity index (χ0) is 14.8. The van der Waals surface area contributed by atoms with E-state index in [1.54, 1.807) is 0 Å². The third kappa shape index (κ3) is 3.14. The average Bonchev–Trinajstić information content (AvgIpc) is 2.50. The summed E-state index contributed by atoms with van der Waals surface area (Å²) in [4.78, 5) is 0.